The highest BCUT2D eigenvalue weighted by Gasteiger charge is 2.39. The fraction of sp³-hybridized carbons (Fsp3) is 0.231. The first-order chi connectivity index (χ1) is 16.4. The van der Waals surface area contributed by atoms with Crippen molar-refractivity contribution in [3.05, 3.63) is 99.9 Å². The maximum absolute atomic E-state index is 14.5. The third-order valence-corrected chi connectivity index (χ3v) is 5.41. The lowest BCUT2D eigenvalue weighted by molar-refractivity contribution is -0.108. The highest BCUT2D eigenvalue weighted by molar-refractivity contribution is 5.65. The Morgan fingerprint density at radius 2 is 1.29 bits per heavy atom. The summed E-state index contributed by atoms with van der Waals surface area (Å²) in [4.78, 5) is 0. The molecule has 35 heavy (non-hydrogen) atoms. The molecule has 0 unspecified atom stereocenters. The fourth-order valence-corrected chi connectivity index (χ4v) is 3.63. The molecule has 0 nitrogen and oxygen atoms in total. The number of alkyl halides is 3. The van der Waals surface area contributed by atoms with E-state index in [-0.39, 0.29) is 29.5 Å². The summed E-state index contributed by atoms with van der Waals surface area (Å²) in [5.41, 5.74) is -0.276. The summed E-state index contributed by atoms with van der Waals surface area (Å²) in [6.07, 6.45) is -4.41. The average Bonchev–Trinajstić information content (AvgIpc) is 2.80. The van der Waals surface area contributed by atoms with E-state index >= 15 is 0 Å². The molecule has 0 saturated carbocycles. The van der Waals surface area contributed by atoms with Gasteiger partial charge >= 0.3 is 6.18 Å². The molecule has 0 radical (unpaired) electrons. The lowest BCUT2D eigenvalue weighted by Crippen LogP contribution is -2.10. The second-order valence-corrected chi connectivity index (χ2v) is 7.91. The third kappa shape index (κ3) is 5.89. The van der Waals surface area contributed by atoms with Crippen molar-refractivity contribution in [1.29, 1.82) is 0 Å². The van der Waals surface area contributed by atoms with Crippen molar-refractivity contribution in [2.75, 3.05) is 0 Å². The Morgan fingerprint density at radius 3 is 1.83 bits per heavy atom. The molecule has 0 bridgehead atoms. The van der Waals surface area contributed by atoms with Crippen LogP contribution in [-0.2, 0) is 19.3 Å². The number of rotatable bonds is 7. The summed E-state index contributed by atoms with van der Waals surface area (Å²) in [6.45, 7) is 1.85. The van der Waals surface area contributed by atoms with E-state index in [4.69, 9.17) is 0 Å². The molecule has 0 saturated heterocycles. The monoisotopic (exact) mass is 502 g/mol. The lowest BCUT2D eigenvalue weighted by atomic mass is 9.97. The van der Waals surface area contributed by atoms with Gasteiger partial charge in [-0.1, -0.05) is 49.7 Å². The highest BCUT2D eigenvalue weighted by atomic mass is 19.4. The van der Waals surface area contributed by atoms with Crippen molar-refractivity contribution >= 4 is 5.83 Å². The molecular formula is C26H19F9. The summed E-state index contributed by atoms with van der Waals surface area (Å²) >= 11 is 0. The largest absolute Gasteiger partial charge is 0.445 e. The smallest absolute Gasteiger partial charge is 0.206 e. The van der Waals surface area contributed by atoms with Gasteiger partial charge in [-0.3, -0.25) is 0 Å². The van der Waals surface area contributed by atoms with Crippen molar-refractivity contribution in [1.82, 2.24) is 0 Å². The van der Waals surface area contributed by atoms with Crippen LogP contribution < -0.4 is 0 Å². The molecular weight excluding hydrogens is 483 g/mol. The Kier molecular flexibility index (Phi) is 7.97. The zero-order valence-corrected chi connectivity index (χ0v) is 18.3. The van der Waals surface area contributed by atoms with Crippen molar-refractivity contribution in [2.45, 2.75) is 38.8 Å². The summed E-state index contributed by atoms with van der Waals surface area (Å²) in [7, 11) is 0. The number of halogens is 9. The predicted molar refractivity (Wildman–Crippen MR) is 115 cm³/mol. The van der Waals surface area contributed by atoms with Gasteiger partial charge in [0.2, 0.25) is 5.83 Å². The van der Waals surface area contributed by atoms with Gasteiger partial charge in [0.05, 0.1) is 5.56 Å². The van der Waals surface area contributed by atoms with Crippen molar-refractivity contribution in [3.8, 4) is 11.1 Å². The van der Waals surface area contributed by atoms with Crippen LogP contribution in [0.25, 0.3) is 17.0 Å². The standard InChI is InChI=1S/C26H19F9/c1-2-3-17-10-11-18(23(30)22(17)29)16-8-6-14(7-9-16)4-5-15-12-19(27)21(20(28)13-15)24(31)25(32)26(33,34)35/h6-13H,2-5H2,1H3/b25-24+. The molecule has 0 aliphatic heterocycles. The molecule has 9 heteroatoms. The minimum absolute atomic E-state index is 0.00710. The maximum Gasteiger partial charge on any atom is 0.445 e. The van der Waals surface area contributed by atoms with Gasteiger partial charge in [-0.15, -0.1) is 0 Å². The SMILES string of the molecule is CCCc1ccc(-c2ccc(CCc3cc(F)c(/C(F)=C(\F)C(F)(F)F)c(F)c3)cc2)c(F)c1F. The number of allylic oxidation sites excluding steroid dienone is 1. The summed E-state index contributed by atoms with van der Waals surface area (Å²) in [5, 5.41) is 0. The average molecular weight is 502 g/mol. The number of hydrogen-bond donors (Lipinski definition) is 0. The molecule has 3 aromatic carbocycles. The minimum atomic E-state index is -5.72. The molecule has 0 N–H and O–H groups in total. The van der Waals surface area contributed by atoms with Gasteiger partial charge in [-0.2, -0.15) is 17.6 Å². The first kappa shape index (κ1) is 26.4. The van der Waals surface area contributed by atoms with E-state index in [9.17, 15) is 39.5 Å². The predicted octanol–water partition coefficient (Wildman–Crippen LogP) is 8.82. The lowest BCUT2D eigenvalue weighted by Gasteiger charge is -2.10. The number of hydrogen-bond acceptors (Lipinski definition) is 0. The first-order valence-electron chi connectivity index (χ1n) is 10.6. The molecule has 0 heterocycles. The van der Waals surface area contributed by atoms with Gasteiger partial charge in [0, 0.05) is 5.56 Å². The second kappa shape index (κ2) is 10.6. The van der Waals surface area contributed by atoms with E-state index < -0.39 is 46.7 Å². The van der Waals surface area contributed by atoms with Gasteiger partial charge in [0.15, 0.2) is 17.5 Å². The summed E-state index contributed by atoms with van der Waals surface area (Å²) < 4.78 is 121. The quantitative estimate of drug-likeness (QED) is 0.283. The second-order valence-electron chi connectivity index (χ2n) is 7.91. The van der Waals surface area contributed by atoms with Crippen LogP contribution in [0, 0.1) is 23.3 Å². The molecule has 0 aromatic heterocycles. The van der Waals surface area contributed by atoms with Crippen LogP contribution in [0.1, 0.15) is 35.6 Å². The van der Waals surface area contributed by atoms with Gasteiger partial charge in [0.25, 0.3) is 0 Å². The van der Waals surface area contributed by atoms with Crippen LogP contribution >= 0.6 is 0 Å². The number of benzene rings is 3. The van der Waals surface area contributed by atoms with Crippen LogP contribution in [-0.4, -0.2) is 6.18 Å². The molecule has 3 aromatic rings. The third-order valence-electron chi connectivity index (χ3n) is 5.41. The van der Waals surface area contributed by atoms with E-state index in [0.29, 0.717) is 36.1 Å². The molecule has 0 amide bonds. The Hall–Kier alpha value is -3.23. The zero-order valence-electron chi connectivity index (χ0n) is 18.3. The van der Waals surface area contributed by atoms with Crippen LogP contribution in [0.2, 0.25) is 0 Å². The zero-order chi connectivity index (χ0) is 25.9. The molecule has 0 aliphatic rings. The van der Waals surface area contributed by atoms with Crippen molar-refractivity contribution in [3.63, 3.8) is 0 Å². The Bertz CT molecular complexity index is 1220. The highest BCUT2D eigenvalue weighted by Crippen LogP contribution is 2.36. The topological polar surface area (TPSA) is 0 Å². The molecule has 3 rings (SSSR count). The Labute approximate surface area is 195 Å². The minimum Gasteiger partial charge on any atom is -0.206 e. The summed E-state index contributed by atoms with van der Waals surface area (Å²) in [6, 6.07) is 10.6. The van der Waals surface area contributed by atoms with Gasteiger partial charge in [-0.25, -0.2) is 22.0 Å². The van der Waals surface area contributed by atoms with E-state index in [1.54, 1.807) is 24.3 Å². The van der Waals surface area contributed by atoms with Crippen LogP contribution in [0.4, 0.5) is 39.5 Å². The molecule has 0 aliphatic carbocycles. The number of aryl methyl sites for hydroxylation is 3. The van der Waals surface area contributed by atoms with Crippen LogP contribution in [0.3, 0.4) is 0 Å². The van der Waals surface area contributed by atoms with E-state index in [2.05, 4.69) is 0 Å². The first-order valence-corrected chi connectivity index (χ1v) is 10.6. The van der Waals surface area contributed by atoms with Crippen LogP contribution in [0.15, 0.2) is 54.4 Å². The van der Waals surface area contributed by atoms with Crippen LogP contribution in [0.5, 0.6) is 0 Å². The Morgan fingerprint density at radius 1 is 0.714 bits per heavy atom. The molecule has 0 atom stereocenters. The summed E-state index contributed by atoms with van der Waals surface area (Å²) in [5.74, 6) is -11.1. The van der Waals surface area contributed by atoms with Crippen molar-refractivity contribution < 1.29 is 39.5 Å². The molecule has 0 spiro atoms. The van der Waals surface area contributed by atoms with Crippen molar-refractivity contribution in [2.24, 2.45) is 0 Å². The normalized spacial score (nSPS) is 12.6. The maximum atomic E-state index is 14.5. The fourth-order valence-electron chi connectivity index (χ4n) is 3.63. The van der Waals surface area contributed by atoms with Gasteiger partial charge in [-0.05, 0) is 53.6 Å². The molecule has 186 valence electrons. The van der Waals surface area contributed by atoms with E-state index in [0.717, 1.165) is 0 Å². The van der Waals surface area contributed by atoms with E-state index in [1.807, 2.05) is 6.92 Å². The van der Waals surface area contributed by atoms with Gasteiger partial charge in [0.1, 0.15) is 11.6 Å². The molecule has 0 fully saturated rings. The van der Waals surface area contributed by atoms with Gasteiger partial charge < -0.3 is 0 Å². The van der Waals surface area contributed by atoms with E-state index in [1.165, 1.54) is 12.1 Å². The Balaban J connectivity index is 1.76.